The van der Waals surface area contributed by atoms with Crippen molar-refractivity contribution in [2.45, 2.75) is 0 Å². The fraction of sp³-hybridized carbons (Fsp3) is 0. The normalized spacial score (nSPS) is 7.55. The summed E-state index contributed by atoms with van der Waals surface area (Å²) in [6.07, 6.45) is 0. The van der Waals surface area contributed by atoms with Crippen LogP contribution in [0.15, 0.2) is 0 Å². The van der Waals surface area contributed by atoms with Gasteiger partial charge in [-0.25, -0.2) is 14.5 Å². The van der Waals surface area contributed by atoms with Gasteiger partial charge in [-0.2, -0.15) is 0 Å². The van der Waals surface area contributed by atoms with E-state index in [1.807, 2.05) is 0 Å². The Morgan fingerprint density at radius 1 is 1.27 bits per heavy atom. The molecule has 2 N–H and O–H groups in total. The summed E-state index contributed by atoms with van der Waals surface area (Å²) in [5.41, 5.74) is 0. The van der Waals surface area contributed by atoms with Crippen molar-refractivity contribution in [3.63, 3.8) is 0 Å². The molecule has 0 fully saturated rings. The Labute approximate surface area is 72.5 Å². The summed E-state index contributed by atoms with van der Waals surface area (Å²) in [4.78, 5) is 22.1. The molecule has 0 saturated carbocycles. The van der Waals surface area contributed by atoms with E-state index in [0.29, 0.717) is 0 Å². The third-order valence-corrected chi connectivity index (χ3v) is 0.449. The molecule has 9 heteroatoms. The molecule has 0 aromatic carbocycles. The number of carbonyl (C=O) groups excluding carboxylic acids is 2. The first-order valence-electron chi connectivity index (χ1n) is 1.97. The Kier molecular flexibility index (Phi) is 7.35. The van der Waals surface area contributed by atoms with Gasteiger partial charge in [0.15, 0.2) is 0 Å². The third-order valence-electron chi connectivity index (χ3n) is 0.449. The molecule has 0 aliphatic carbocycles. The van der Waals surface area contributed by atoms with Crippen molar-refractivity contribution in [1.82, 2.24) is 0 Å². The van der Waals surface area contributed by atoms with Crippen LogP contribution in [0.1, 0.15) is 0 Å². The standard InChI is InChI=1S/C2H2BFO6.Li.H/c4-10-2(6)1(5)9-3(7)8;;/h7-8H;;. The Morgan fingerprint density at radius 3 is 2.00 bits per heavy atom. The molecule has 58 valence electrons. The molecule has 0 aliphatic heterocycles. The van der Waals surface area contributed by atoms with Crippen molar-refractivity contribution in [1.29, 1.82) is 0 Å². The fourth-order valence-electron chi connectivity index (χ4n) is 0.175. The van der Waals surface area contributed by atoms with E-state index in [-0.39, 0.29) is 18.9 Å². The molecule has 0 aromatic rings. The molecular formula is C2H3BFLiO6. The van der Waals surface area contributed by atoms with Crippen LogP contribution in [-0.4, -0.2) is 48.2 Å². The van der Waals surface area contributed by atoms with Gasteiger partial charge < -0.3 is 14.7 Å². The zero-order chi connectivity index (χ0) is 8.15. The van der Waals surface area contributed by atoms with E-state index in [4.69, 9.17) is 10.0 Å². The minimum absolute atomic E-state index is 0. The van der Waals surface area contributed by atoms with Crippen LogP contribution in [0.3, 0.4) is 0 Å². The molecular weight excluding hydrogens is 157 g/mol. The molecule has 0 rings (SSSR count). The number of rotatable bonds is 1. The van der Waals surface area contributed by atoms with Crippen LogP contribution in [0.25, 0.3) is 0 Å². The first-order chi connectivity index (χ1) is 4.57. The molecule has 0 bridgehead atoms. The Hall–Kier alpha value is -0.548. The monoisotopic (exact) mass is 160 g/mol. The van der Waals surface area contributed by atoms with E-state index < -0.39 is 19.3 Å². The van der Waals surface area contributed by atoms with Gasteiger partial charge >= 0.3 is 38.1 Å². The Balaban J connectivity index is 0. The Bertz CT molecular complexity index is 150. The second-order valence-corrected chi connectivity index (χ2v) is 1.10. The predicted octanol–water partition coefficient (Wildman–Crippen LogP) is -2.72. The molecule has 0 saturated heterocycles. The number of halogens is 1. The van der Waals surface area contributed by atoms with E-state index in [1.165, 1.54) is 0 Å². The number of hydrogen-bond donors (Lipinski definition) is 2. The van der Waals surface area contributed by atoms with Crippen molar-refractivity contribution in [3.05, 3.63) is 0 Å². The van der Waals surface area contributed by atoms with Gasteiger partial charge in [0.05, 0.1) is 0 Å². The molecule has 0 aliphatic rings. The van der Waals surface area contributed by atoms with Crippen LogP contribution in [0.2, 0.25) is 0 Å². The first kappa shape index (κ1) is 13.1. The summed E-state index contributed by atoms with van der Waals surface area (Å²) in [5, 5.41) is 15.7. The minimum atomic E-state index is -2.45. The fourth-order valence-corrected chi connectivity index (χ4v) is 0.175. The summed E-state index contributed by atoms with van der Waals surface area (Å²) in [6.45, 7) is 0. The second kappa shape index (κ2) is 6.18. The van der Waals surface area contributed by atoms with E-state index >= 15 is 0 Å². The second-order valence-electron chi connectivity index (χ2n) is 1.10. The zero-order valence-electron chi connectivity index (χ0n) is 4.48. The van der Waals surface area contributed by atoms with E-state index in [9.17, 15) is 14.1 Å². The molecule has 0 atom stereocenters. The average Bonchev–Trinajstić information content (AvgIpc) is 1.85. The topological polar surface area (TPSA) is 93.1 Å². The van der Waals surface area contributed by atoms with Crippen LogP contribution >= 0.6 is 0 Å². The van der Waals surface area contributed by atoms with Crippen molar-refractivity contribution < 1.29 is 33.8 Å². The van der Waals surface area contributed by atoms with Gasteiger partial charge in [0.2, 0.25) is 0 Å². The van der Waals surface area contributed by atoms with Crippen molar-refractivity contribution in [2.75, 3.05) is 0 Å². The van der Waals surface area contributed by atoms with Crippen LogP contribution in [-0.2, 0) is 19.2 Å². The van der Waals surface area contributed by atoms with Gasteiger partial charge in [0.25, 0.3) is 0 Å². The average molecular weight is 160 g/mol. The van der Waals surface area contributed by atoms with Crippen molar-refractivity contribution in [2.24, 2.45) is 0 Å². The van der Waals surface area contributed by atoms with Crippen LogP contribution in [0.5, 0.6) is 0 Å². The maximum absolute atomic E-state index is 10.8. The summed E-state index contributed by atoms with van der Waals surface area (Å²) in [7, 11) is -2.45. The predicted molar refractivity (Wildman–Crippen MR) is 30.6 cm³/mol. The molecule has 0 radical (unpaired) electrons. The Morgan fingerprint density at radius 2 is 1.73 bits per heavy atom. The molecule has 0 spiro atoms. The SMILES string of the molecule is O=C(OF)C(=O)OB(O)O.[LiH]. The summed E-state index contributed by atoms with van der Waals surface area (Å²) in [5.74, 6) is -3.77. The molecule has 0 heterocycles. The molecule has 0 aromatic heterocycles. The van der Waals surface area contributed by atoms with E-state index in [2.05, 4.69) is 9.60 Å². The summed E-state index contributed by atoms with van der Waals surface area (Å²) >= 11 is 0. The van der Waals surface area contributed by atoms with Crippen LogP contribution in [0, 0.1) is 0 Å². The van der Waals surface area contributed by atoms with Gasteiger partial charge in [-0.05, 0) is 0 Å². The van der Waals surface area contributed by atoms with E-state index in [0.717, 1.165) is 0 Å². The van der Waals surface area contributed by atoms with Gasteiger partial charge in [-0.15, -0.1) is 0 Å². The van der Waals surface area contributed by atoms with Gasteiger partial charge in [0, 0.05) is 4.53 Å². The first-order valence-corrected chi connectivity index (χ1v) is 1.97. The maximum atomic E-state index is 10.8. The van der Waals surface area contributed by atoms with Gasteiger partial charge in [0.1, 0.15) is 0 Å². The van der Waals surface area contributed by atoms with Gasteiger partial charge in [-0.1, -0.05) is 0 Å². The molecule has 6 nitrogen and oxygen atoms in total. The molecule has 11 heavy (non-hydrogen) atoms. The van der Waals surface area contributed by atoms with Crippen LogP contribution < -0.4 is 0 Å². The van der Waals surface area contributed by atoms with Crippen molar-refractivity contribution >= 4 is 38.1 Å². The van der Waals surface area contributed by atoms with Crippen LogP contribution in [0.4, 0.5) is 4.53 Å². The molecule has 0 unspecified atom stereocenters. The number of carbonyl (C=O) groups is 2. The summed E-state index contributed by atoms with van der Waals surface area (Å²) < 4.78 is 14.1. The number of hydrogen-bond acceptors (Lipinski definition) is 6. The zero-order valence-corrected chi connectivity index (χ0v) is 4.48. The third kappa shape index (κ3) is 5.88. The van der Waals surface area contributed by atoms with Gasteiger partial charge in [-0.3, -0.25) is 0 Å². The van der Waals surface area contributed by atoms with Crippen molar-refractivity contribution in [3.8, 4) is 0 Å². The summed E-state index contributed by atoms with van der Waals surface area (Å²) in [6, 6.07) is 0. The molecule has 0 amide bonds. The van der Waals surface area contributed by atoms with E-state index in [1.54, 1.807) is 0 Å². The quantitative estimate of drug-likeness (QED) is 0.319.